The van der Waals surface area contributed by atoms with Crippen LogP contribution in [0.1, 0.15) is 52.9 Å². The zero-order valence-electron chi connectivity index (χ0n) is 21.5. The van der Waals surface area contributed by atoms with Gasteiger partial charge in [0.25, 0.3) is 11.7 Å². The summed E-state index contributed by atoms with van der Waals surface area (Å²) in [5, 5.41) is 13.3. The van der Waals surface area contributed by atoms with Crippen LogP contribution in [0.4, 0.5) is 5.69 Å². The van der Waals surface area contributed by atoms with Crippen molar-refractivity contribution in [1.29, 1.82) is 0 Å². The lowest BCUT2D eigenvalue weighted by Gasteiger charge is -2.24. The highest BCUT2D eigenvalue weighted by atomic mass is 32.1. The van der Waals surface area contributed by atoms with Crippen LogP contribution in [0.2, 0.25) is 0 Å². The predicted molar refractivity (Wildman–Crippen MR) is 152 cm³/mol. The normalized spacial score (nSPS) is 16.8. The van der Waals surface area contributed by atoms with E-state index in [1.54, 1.807) is 18.2 Å². The molecule has 2 heterocycles. The van der Waals surface area contributed by atoms with Crippen molar-refractivity contribution in [3.05, 3.63) is 123 Å². The monoisotopic (exact) mass is 523 g/mol. The number of aliphatic hydroxyl groups is 1. The third kappa shape index (κ3) is 4.87. The Labute approximate surface area is 226 Å². The van der Waals surface area contributed by atoms with Gasteiger partial charge in [-0.05, 0) is 71.3 Å². The van der Waals surface area contributed by atoms with Gasteiger partial charge in [0.2, 0.25) is 0 Å². The van der Waals surface area contributed by atoms with Gasteiger partial charge in [-0.25, -0.2) is 0 Å². The van der Waals surface area contributed by atoms with Crippen molar-refractivity contribution in [2.24, 2.45) is 0 Å². The summed E-state index contributed by atoms with van der Waals surface area (Å²) < 4.78 is 5.98. The molecule has 0 saturated carbocycles. The van der Waals surface area contributed by atoms with E-state index in [-0.39, 0.29) is 11.3 Å². The molecule has 6 heteroatoms. The number of hydrogen-bond donors (Lipinski definition) is 1. The third-order valence-electron chi connectivity index (χ3n) is 6.78. The van der Waals surface area contributed by atoms with E-state index in [1.165, 1.54) is 16.2 Å². The fourth-order valence-electron chi connectivity index (χ4n) is 4.68. The standard InChI is InChI=1S/C32H29NO4S/c1-20(2)23-11-14-25(15-12-23)33-29(27-10-7-17-38-27)28(31(35)32(33)36)30(34)24-13-16-26(21(3)18-24)37-19-22-8-5-4-6-9-22/h4-18,20,29,34H,19H2,1-3H3/b30-28-. The van der Waals surface area contributed by atoms with Crippen molar-refractivity contribution in [3.8, 4) is 5.75 Å². The summed E-state index contributed by atoms with van der Waals surface area (Å²) in [6, 6.07) is 25.9. The maximum atomic E-state index is 13.4. The molecule has 1 aliphatic rings. The van der Waals surface area contributed by atoms with Gasteiger partial charge in [0.1, 0.15) is 24.2 Å². The first-order valence-electron chi connectivity index (χ1n) is 12.6. The van der Waals surface area contributed by atoms with E-state index in [4.69, 9.17) is 4.74 Å². The molecular weight excluding hydrogens is 494 g/mol. The number of Topliss-reactive ketones (excluding diaryl/α,β-unsaturated/α-hetero) is 1. The molecule has 1 aliphatic heterocycles. The SMILES string of the molecule is Cc1cc(/C(O)=C2/C(=O)C(=O)N(c3ccc(C(C)C)cc3)C2c2cccs2)ccc1OCc1ccccc1. The quantitative estimate of drug-likeness (QED) is 0.156. The lowest BCUT2D eigenvalue weighted by atomic mass is 9.98. The molecule has 3 aromatic carbocycles. The van der Waals surface area contributed by atoms with Gasteiger partial charge in [0.05, 0.1) is 5.57 Å². The maximum Gasteiger partial charge on any atom is 0.300 e. The Hall–Kier alpha value is -4.16. The van der Waals surface area contributed by atoms with Crippen LogP contribution >= 0.6 is 11.3 Å². The van der Waals surface area contributed by atoms with E-state index in [2.05, 4.69) is 13.8 Å². The summed E-state index contributed by atoms with van der Waals surface area (Å²) in [6.07, 6.45) is 0. The summed E-state index contributed by atoms with van der Waals surface area (Å²) in [4.78, 5) is 29.0. The van der Waals surface area contributed by atoms with E-state index in [1.807, 2.05) is 79.0 Å². The van der Waals surface area contributed by atoms with Crippen molar-refractivity contribution < 1.29 is 19.4 Å². The molecule has 1 fully saturated rings. The van der Waals surface area contributed by atoms with E-state index >= 15 is 0 Å². The number of aliphatic hydroxyl groups excluding tert-OH is 1. The second-order valence-corrected chi connectivity index (χ2v) is 10.7. The Kier molecular flexibility index (Phi) is 7.16. The van der Waals surface area contributed by atoms with Gasteiger partial charge in [-0.3, -0.25) is 14.5 Å². The molecule has 0 spiro atoms. The van der Waals surface area contributed by atoms with Crippen LogP contribution in [0, 0.1) is 6.92 Å². The van der Waals surface area contributed by atoms with Gasteiger partial charge in [-0.15, -0.1) is 11.3 Å². The average Bonchev–Trinajstić information content (AvgIpc) is 3.55. The van der Waals surface area contributed by atoms with Crippen molar-refractivity contribution in [3.63, 3.8) is 0 Å². The Morgan fingerprint density at radius 2 is 1.71 bits per heavy atom. The van der Waals surface area contributed by atoms with E-state index in [0.717, 1.165) is 21.6 Å². The first kappa shape index (κ1) is 25.5. The van der Waals surface area contributed by atoms with E-state index in [9.17, 15) is 14.7 Å². The van der Waals surface area contributed by atoms with Gasteiger partial charge >= 0.3 is 0 Å². The predicted octanol–water partition coefficient (Wildman–Crippen LogP) is 7.39. The molecule has 1 atom stereocenters. The van der Waals surface area contributed by atoms with Crippen molar-refractivity contribution in [2.75, 3.05) is 4.90 Å². The molecule has 1 amide bonds. The number of ketones is 1. The van der Waals surface area contributed by atoms with Crippen LogP contribution in [0.25, 0.3) is 5.76 Å². The number of nitrogens with zero attached hydrogens (tertiary/aromatic N) is 1. The highest BCUT2D eigenvalue weighted by Gasteiger charge is 2.47. The smallest absolute Gasteiger partial charge is 0.300 e. The molecule has 0 aliphatic carbocycles. The number of carbonyl (C=O) groups excluding carboxylic acids is 2. The molecule has 0 bridgehead atoms. The van der Waals surface area contributed by atoms with Gasteiger partial charge in [0, 0.05) is 16.1 Å². The molecule has 1 unspecified atom stereocenters. The number of benzene rings is 3. The second kappa shape index (κ2) is 10.7. The van der Waals surface area contributed by atoms with Crippen molar-refractivity contribution in [1.82, 2.24) is 0 Å². The number of hydrogen-bond acceptors (Lipinski definition) is 5. The minimum atomic E-state index is -0.714. The van der Waals surface area contributed by atoms with Gasteiger partial charge in [-0.2, -0.15) is 0 Å². The van der Waals surface area contributed by atoms with Crippen LogP contribution in [-0.4, -0.2) is 16.8 Å². The minimum absolute atomic E-state index is 0.0859. The minimum Gasteiger partial charge on any atom is -0.507 e. The maximum absolute atomic E-state index is 13.4. The van der Waals surface area contributed by atoms with E-state index < -0.39 is 17.7 Å². The number of thiophene rings is 1. The number of anilines is 1. The Bertz CT molecular complexity index is 1490. The largest absolute Gasteiger partial charge is 0.507 e. The molecule has 38 heavy (non-hydrogen) atoms. The molecule has 5 rings (SSSR count). The lowest BCUT2D eigenvalue weighted by molar-refractivity contribution is -0.132. The topological polar surface area (TPSA) is 66.8 Å². The summed E-state index contributed by atoms with van der Waals surface area (Å²) >= 11 is 1.45. The fourth-order valence-corrected chi connectivity index (χ4v) is 5.51. The Morgan fingerprint density at radius 3 is 2.34 bits per heavy atom. The molecule has 1 aromatic heterocycles. The first-order chi connectivity index (χ1) is 18.3. The van der Waals surface area contributed by atoms with E-state index in [0.29, 0.717) is 29.5 Å². The number of rotatable bonds is 7. The summed E-state index contributed by atoms with van der Waals surface area (Å²) in [7, 11) is 0. The number of amides is 1. The average molecular weight is 524 g/mol. The first-order valence-corrected chi connectivity index (χ1v) is 13.4. The van der Waals surface area contributed by atoms with Crippen LogP contribution in [-0.2, 0) is 16.2 Å². The lowest BCUT2D eigenvalue weighted by Crippen LogP contribution is -2.29. The number of carbonyl (C=O) groups is 2. The molecule has 0 radical (unpaired) electrons. The van der Waals surface area contributed by atoms with Crippen LogP contribution in [0.3, 0.4) is 0 Å². The zero-order chi connectivity index (χ0) is 26.8. The number of ether oxygens (including phenoxy) is 1. The molecule has 1 N–H and O–H groups in total. The van der Waals surface area contributed by atoms with Gasteiger partial charge in [0.15, 0.2) is 0 Å². The van der Waals surface area contributed by atoms with Crippen LogP contribution in [0.5, 0.6) is 5.75 Å². The second-order valence-electron chi connectivity index (χ2n) is 9.69. The van der Waals surface area contributed by atoms with Crippen LogP contribution < -0.4 is 9.64 Å². The van der Waals surface area contributed by atoms with Gasteiger partial charge < -0.3 is 9.84 Å². The molecular formula is C32H29NO4S. The molecule has 4 aromatic rings. The number of aryl methyl sites for hydroxylation is 1. The molecule has 1 saturated heterocycles. The van der Waals surface area contributed by atoms with Gasteiger partial charge in [-0.1, -0.05) is 62.4 Å². The fraction of sp³-hybridized carbons (Fsp3) is 0.188. The molecule has 192 valence electrons. The van der Waals surface area contributed by atoms with Crippen molar-refractivity contribution in [2.45, 2.75) is 39.3 Å². The van der Waals surface area contributed by atoms with Crippen molar-refractivity contribution >= 4 is 34.5 Å². The summed E-state index contributed by atoms with van der Waals surface area (Å²) in [6.45, 7) is 6.52. The Balaban J connectivity index is 1.51. The Morgan fingerprint density at radius 1 is 0.974 bits per heavy atom. The molecule has 5 nitrogen and oxygen atoms in total. The van der Waals surface area contributed by atoms with Crippen LogP contribution in [0.15, 0.2) is 95.9 Å². The highest BCUT2D eigenvalue weighted by molar-refractivity contribution is 7.10. The third-order valence-corrected chi connectivity index (χ3v) is 7.71. The highest BCUT2D eigenvalue weighted by Crippen LogP contribution is 2.44. The zero-order valence-corrected chi connectivity index (χ0v) is 22.4. The summed E-state index contributed by atoms with van der Waals surface area (Å²) in [5.74, 6) is -0.514. The summed E-state index contributed by atoms with van der Waals surface area (Å²) in [5.41, 5.74) is 4.18.